The summed E-state index contributed by atoms with van der Waals surface area (Å²) in [7, 11) is 0. The molecule has 1 aliphatic heterocycles. The van der Waals surface area contributed by atoms with Gasteiger partial charge in [-0.05, 0) is 6.92 Å². The number of imide groups is 1. The van der Waals surface area contributed by atoms with E-state index in [2.05, 4.69) is 11.9 Å². The molecular formula is C13H18N2O6. The van der Waals surface area contributed by atoms with Crippen LogP contribution in [0.4, 0.5) is 4.79 Å². The number of amides is 3. The van der Waals surface area contributed by atoms with Crippen LogP contribution in [-0.4, -0.2) is 55.1 Å². The van der Waals surface area contributed by atoms with Crippen LogP contribution in [0.3, 0.4) is 0 Å². The number of esters is 1. The van der Waals surface area contributed by atoms with Crippen molar-refractivity contribution in [3.05, 3.63) is 12.2 Å². The summed E-state index contributed by atoms with van der Waals surface area (Å²) in [5, 5.41) is 2.37. The molecule has 1 N–H and O–H groups in total. The third kappa shape index (κ3) is 5.64. The zero-order valence-corrected chi connectivity index (χ0v) is 11.8. The van der Waals surface area contributed by atoms with Crippen LogP contribution < -0.4 is 5.32 Å². The second kappa shape index (κ2) is 8.03. The lowest BCUT2D eigenvalue weighted by Crippen LogP contribution is -2.35. The first kappa shape index (κ1) is 16.7. The summed E-state index contributed by atoms with van der Waals surface area (Å²) in [6, 6.07) is 0. The molecule has 0 aromatic heterocycles. The molecule has 21 heavy (non-hydrogen) atoms. The molecule has 0 aromatic carbocycles. The fourth-order valence-corrected chi connectivity index (χ4v) is 1.57. The van der Waals surface area contributed by atoms with E-state index in [0.29, 0.717) is 0 Å². The highest BCUT2D eigenvalue weighted by Gasteiger charge is 2.28. The SMILES string of the molecule is C=C(C)C(=O)OCCNC(=O)OCCN1C(=O)CCC1=O. The van der Waals surface area contributed by atoms with Crippen molar-refractivity contribution in [2.75, 3.05) is 26.3 Å². The molecule has 8 nitrogen and oxygen atoms in total. The maximum Gasteiger partial charge on any atom is 0.407 e. The quantitative estimate of drug-likeness (QED) is 0.307. The van der Waals surface area contributed by atoms with E-state index in [0.717, 1.165) is 4.90 Å². The van der Waals surface area contributed by atoms with Gasteiger partial charge in [0.25, 0.3) is 0 Å². The van der Waals surface area contributed by atoms with Gasteiger partial charge >= 0.3 is 12.1 Å². The Morgan fingerprint density at radius 2 is 1.81 bits per heavy atom. The minimum Gasteiger partial charge on any atom is -0.460 e. The number of likely N-dealkylation sites (tertiary alicyclic amines) is 1. The third-order valence-electron chi connectivity index (χ3n) is 2.66. The maximum absolute atomic E-state index is 11.3. The Morgan fingerprint density at radius 3 is 2.38 bits per heavy atom. The van der Waals surface area contributed by atoms with E-state index in [1.54, 1.807) is 0 Å². The molecule has 1 aliphatic rings. The highest BCUT2D eigenvalue weighted by molar-refractivity contribution is 6.01. The lowest BCUT2D eigenvalue weighted by Gasteiger charge is -2.13. The number of carbonyl (C=O) groups excluding carboxylic acids is 4. The maximum atomic E-state index is 11.3. The molecule has 3 amide bonds. The van der Waals surface area contributed by atoms with Gasteiger partial charge in [0.05, 0.1) is 13.1 Å². The normalized spacial score (nSPS) is 14.0. The van der Waals surface area contributed by atoms with E-state index in [9.17, 15) is 19.2 Å². The highest BCUT2D eigenvalue weighted by atomic mass is 16.6. The Morgan fingerprint density at radius 1 is 1.19 bits per heavy atom. The number of alkyl carbamates (subject to hydrolysis) is 1. The molecule has 0 saturated carbocycles. The van der Waals surface area contributed by atoms with Crippen LogP contribution in [0.5, 0.6) is 0 Å². The lowest BCUT2D eigenvalue weighted by molar-refractivity contribution is -0.139. The van der Waals surface area contributed by atoms with Crippen molar-refractivity contribution in [3.8, 4) is 0 Å². The predicted octanol–water partition coefficient (Wildman–Crippen LogP) is -0.0191. The fraction of sp³-hybridized carbons (Fsp3) is 0.538. The van der Waals surface area contributed by atoms with Gasteiger partial charge in [-0.1, -0.05) is 6.58 Å². The molecule has 1 rings (SSSR count). The van der Waals surface area contributed by atoms with Gasteiger partial charge in [0.15, 0.2) is 0 Å². The first-order valence-electron chi connectivity index (χ1n) is 6.48. The van der Waals surface area contributed by atoms with Gasteiger partial charge in [-0.15, -0.1) is 0 Å². The molecular weight excluding hydrogens is 280 g/mol. The Hall–Kier alpha value is -2.38. The zero-order chi connectivity index (χ0) is 15.8. The molecule has 0 bridgehead atoms. The lowest BCUT2D eigenvalue weighted by atomic mass is 10.4. The molecule has 116 valence electrons. The van der Waals surface area contributed by atoms with Gasteiger partial charge in [-0.2, -0.15) is 0 Å². The van der Waals surface area contributed by atoms with Crippen LogP contribution in [0.25, 0.3) is 0 Å². The van der Waals surface area contributed by atoms with Crippen LogP contribution in [0.1, 0.15) is 19.8 Å². The highest BCUT2D eigenvalue weighted by Crippen LogP contribution is 2.10. The topological polar surface area (TPSA) is 102 Å². The molecule has 0 radical (unpaired) electrons. The van der Waals surface area contributed by atoms with Crippen molar-refractivity contribution < 1.29 is 28.7 Å². The van der Waals surface area contributed by atoms with Crippen molar-refractivity contribution in [3.63, 3.8) is 0 Å². The van der Waals surface area contributed by atoms with Crippen molar-refractivity contribution in [1.29, 1.82) is 0 Å². The summed E-state index contributed by atoms with van der Waals surface area (Å²) in [4.78, 5) is 46.0. The molecule has 0 spiro atoms. The Labute approximate surface area is 122 Å². The Balaban J connectivity index is 2.09. The van der Waals surface area contributed by atoms with E-state index in [4.69, 9.17) is 9.47 Å². The second-order valence-corrected chi connectivity index (χ2v) is 4.42. The molecule has 1 fully saturated rings. The zero-order valence-electron chi connectivity index (χ0n) is 11.8. The van der Waals surface area contributed by atoms with Gasteiger partial charge in [-0.3, -0.25) is 14.5 Å². The Bertz CT molecular complexity index is 444. The summed E-state index contributed by atoms with van der Waals surface area (Å²) in [6.45, 7) is 5.01. The van der Waals surface area contributed by atoms with Crippen LogP contribution in [0, 0.1) is 0 Å². The number of carbonyl (C=O) groups is 4. The Kier molecular flexibility index (Phi) is 6.38. The van der Waals surface area contributed by atoms with E-state index < -0.39 is 12.1 Å². The number of ether oxygens (including phenoxy) is 2. The third-order valence-corrected chi connectivity index (χ3v) is 2.66. The average Bonchev–Trinajstić information content (AvgIpc) is 2.74. The van der Waals surface area contributed by atoms with Crippen LogP contribution in [0.2, 0.25) is 0 Å². The molecule has 0 aliphatic carbocycles. The van der Waals surface area contributed by atoms with Crippen LogP contribution in [-0.2, 0) is 23.9 Å². The van der Waals surface area contributed by atoms with Gasteiger partial charge in [0, 0.05) is 18.4 Å². The van der Waals surface area contributed by atoms with Crippen molar-refractivity contribution in [2.45, 2.75) is 19.8 Å². The van der Waals surface area contributed by atoms with Crippen LogP contribution in [0.15, 0.2) is 12.2 Å². The minimum atomic E-state index is -0.708. The van der Waals surface area contributed by atoms with Gasteiger partial charge in [0.1, 0.15) is 13.2 Å². The van der Waals surface area contributed by atoms with Crippen molar-refractivity contribution in [2.24, 2.45) is 0 Å². The standard InChI is InChI=1S/C13H18N2O6/c1-9(2)12(18)20-7-5-14-13(19)21-8-6-15-10(16)3-4-11(15)17/h1,3-8H2,2H3,(H,14,19). The first-order valence-corrected chi connectivity index (χ1v) is 6.48. The van der Waals surface area contributed by atoms with E-state index >= 15 is 0 Å². The predicted molar refractivity (Wildman–Crippen MR) is 71.1 cm³/mol. The second-order valence-electron chi connectivity index (χ2n) is 4.42. The van der Waals surface area contributed by atoms with E-state index in [1.807, 2.05) is 0 Å². The first-order chi connectivity index (χ1) is 9.91. The summed E-state index contributed by atoms with van der Waals surface area (Å²) in [5.74, 6) is -1.04. The van der Waals surface area contributed by atoms with Gasteiger partial charge in [-0.25, -0.2) is 9.59 Å². The number of rotatable bonds is 7. The molecule has 8 heteroatoms. The smallest absolute Gasteiger partial charge is 0.407 e. The summed E-state index contributed by atoms with van der Waals surface area (Å²) < 4.78 is 9.56. The van der Waals surface area contributed by atoms with Crippen LogP contribution >= 0.6 is 0 Å². The number of nitrogens with zero attached hydrogens (tertiary/aromatic N) is 1. The summed E-state index contributed by atoms with van der Waals surface area (Å²) in [6.07, 6.45) is -0.293. The summed E-state index contributed by atoms with van der Waals surface area (Å²) >= 11 is 0. The summed E-state index contributed by atoms with van der Waals surface area (Å²) in [5.41, 5.74) is 0.275. The largest absolute Gasteiger partial charge is 0.460 e. The van der Waals surface area contributed by atoms with Gasteiger partial charge in [0.2, 0.25) is 11.8 Å². The number of hydrogen-bond acceptors (Lipinski definition) is 6. The molecule has 0 atom stereocenters. The number of hydrogen-bond donors (Lipinski definition) is 1. The molecule has 0 unspecified atom stereocenters. The van der Waals surface area contributed by atoms with E-state index in [1.165, 1.54) is 6.92 Å². The molecule has 1 saturated heterocycles. The minimum absolute atomic E-state index is 0.00386. The number of nitrogens with one attached hydrogen (secondary N) is 1. The van der Waals surface area contributed by atoms with E-state index in [-0.39, 0.29) is 56.5 Å². The van der Waals surface area contributed by atoms with Gasteiger partial charge < -0.3 is 14.8 Å². The molecule has 0 aromatic rings. The average molecular weight is 298 g/mol. The monoisotopic (exact) mass is 298 g/mol. The van der Waals surface area contributed by atoms with Crippen molar-refractivity contribution >= 4 is 23.9 Å². The molecule has 1 heterocycles. The fourth-order valence-electron chi connectivity index (χ4n) is 1.57. The van der Waals surface area contributed by atoms with Crippen molar-refractivity contribution in [1.82, 2.24) is 10.2 Å².